The summed E-state index contributed by atoms with van der Waals surface area (Å²) in [6, 6.07) is 0. The molecule has 128 valence electrons. The molecule has 0 radical (unpaired) electrons. The summed E-state index contributed by atoms with van der Waals surface area (Å²) >= 11 is 0. The molecule has 0 aromatic carbocycles. The first-order valence-corrected chi connectivity index (χ1v) is 10.9. The Morgan fingerprint density at radius 3 is 1.59 bits per heavy atom. The van der Waals surface area contributed by atoms with Crippen LogP contribution in [-0.4, -0.2) is 42.5 Å². The molecule has 0 N–H and O–H groups in total. The molecule has 22 heavy (non-hydrogen) atoms. The van der Waals surface area contributed by atoms with Crippen molar-refractivity contribution >= 4 is 20.2 Å². The van der Waals surface area contributed by atoms with E-state index >= 15 is 0 Å². The molecule has 4 fully saturated rings. The predicted octanol–water partition coefficient (Wildman–Crippen LogP) is 1.53. The smallest absolute Gasteiger partial charge is 0.264 e. The van der Waals surface area contributed by atoms with Crippen LogP contribution in [0.2, 0.25) is 0 Å². The van der Waals surface area contributed by atoms with E-state index in [9.17, 15) is 16.8 Å². The molecule has 4 rings (SSSR count). The minimum absolute atomic E-state index is 0.0158. The van der Waals surface area contributed by atoms with Gasteiger partial charge in [-0.2, -0.15) is 16.8 Å². The first-order valence-electron chi connectivity index (χ1n) is 9.30. The van der Waals surface area contributed by atoms with Crippen LogP contribution in [0.3, 0.4) is 0 Å². The van der Waals surface area contributed by atoms with Gasteiger partial charge in [0, 0.05) is 0 Å². The van der Waals surface area contributed by atoms with Crippen LogP contribution in [0, 0.1) is 22.7 Å². The summed E-state index contributed by atoms with van der Waals surface area (Å²) in [5.74, 6) is -0.0413. The van der Waals surface area contributed by atoms with Gasteiger partial charge in [0.25, 0.3) is 20.2 Å². The molecule has 0 aliphatic heterocycles. The minimum Gasteiger partial charge on any atom is -0.270 e. The van der Waals surface area contributed by atoms with Gasteiger partial charge in [-0.05, 0) is 61.2 Å². The average Bonchev–Trinajstić information content (AvgIpc) is 2.30. The monoisotopic (exact) mass is 356 g/mol. The van der Waals surface area contributed by atoms with E-state index < -0.39 is 44.2 Å². The predicted molar refractivity (Wildman–Crippen MR) is 81.1 cm³/mol. The van der Waals surface area contributed by atoms with E-state index in [1.807, 2.05) is 0 Å². The Kier molecular flexibility index (Phi) is 2.87. The third-order valence-corrected chi connectivity index (χ3v) is 5.65. The summed E-state index contributed by atoms with van der Waals surface area (Å²) in [6.45, 7) is -4.99. The van der Waals surface area contributed by atoms with E-state index in [-0.39, 0.29) is 18.3 Å². The van der Waals surface area contributed by atoms with E-state index in [0.29, 0.717) is 25.7 Å². The molecule has 4 aliphatic carbocycles. The molecule has 0 aromatic heterocycles. The summed E-state index contributed by atoms with van der Waals surface area (Å²) in [5.41, 5.74) is -2.37. The SMILES string of the molecule is [2H]C([2H])(OS(C)(=O)=O)C12CC3CC(C1)CC(C([2H])([2H])OS(C)(=O)=O)(C3)C2. The van der Waals surface area contributed by atoms with Crippen LogP contribution in [0.1, 0.15) is 44.0 Å². The van der Waals surface area contributed by atoms with E-state index in [4.69, 9.17) is 13.8 Å². The van der Waals surface area contributed by atoms with Crippen molar-refractivity contribution < 1.29 is 30.7 Å². The van der Waals surface area contributed by atoms with Crippen LogP contribution in [0.4, 0.5) is 0 Å². The molecule has 0 amide bonds. The lowest BCUT2D eigenvalue weighted by Gasteiger charge is -2.61. The second-order valence-corrected chi connectivity index (χ2v) is 10.5. The van der Waals surface area contributed by atoms with Crippen LogP contribution in [0.25, 0.3) is 0 Å². The van der Waals surface area contributed by atoms with E-state index in [2.05, 4.69) is 0 Å². The maximum Gasteiger partial charge on any atom is 0.264 e. The second-order valence-electron chi connectivity index (χ2n) is 7.30. The van der Waals surface area contributed by atoms with Crippen molar-refractivity contribution in [2.75, 3.05) is 25.6 Å². The largest absolute Gasteiger partial charge is 0.270 e. The Balaban J connectivity index is 2.02. The zero-order valence-electron chi connectivity index (χ0n) is 16.7. The molecule has 0 atom stereocenters. The molecule has 6 nitrogen and oxygen atoms in total. The van der Waals surface area contributed by atoms with E-state index in [0.717, 1.165) is 18.9 Å². The molecular formula is C14H24O6S2. The van der Waals surface area contributed by atoms with Crippen molar-refractivity contribution in [2.45, 2.75) is 38.5 Å². The molecule has 0 saturated heterocycles. The topological polar surface area (TPSA) is 86.7 Å². The van der Waals surface area contributed by atoms with Crippen molar-refractivity contribution in [1.82, 2.24) is 0 Å². The molecular weight excluding hydrogens is 328 g/mol. The van der Waals surface area contributed by atoms with Gasteiger partial charge in [-0.25, -0.2) is 0 Å². The first-order chi connectivity index (χ1) is 11.5. The highest BCUT2D eigenvalue weighted by Crippen LogP contribution is 2.65. The van der Waals surface area contributed by atoms with Crippen LogP contribution >= 0.6 is 0 Å². The van der Waals surface area contributed by atoms with Crippen molar-refractivity contribution in [3.8, 4) is 0 Å². The Labute approximate surface area is 138 Å². The summed E-state index contributed by atoms with van der Waals surface area (Å²) in [7, 11) is -8.11. The van der Waals surface area contributed by atoms with Crippen LogP contribution in [-0.2, 0) is 28.6 Å². The summed E-state index contributed by atoms with van der Waals surface area (Å²) in [5, 5.41) is 0. The maximum atomic E-state index is 11.6. The average molecular weight is 356 g/mol. The lowest BCUT2D eigenvalue weighted by molar-refractivity contribution is -0.137. The van der Waals surface area contributed by atoms with Crippen LogP contribution in [0.15, 0.2) is 0 Å². The lowest BCUT2D eigenvalue weighted by Crippen LogP contribution is -2.55. The molecule has 8 heteroatoms. The maximum absolute atomic E-state index is 11.6. The fourth-order valence-corrected chi connectivity index (χ4v) is 5.49. The zero-order valence-corrected chi connectivity index (χ0v) is 14.3. The quantitative estimate of drug-likeness (QED) is 0.671. The van der Waals surface area contributed by atoms with Gasteiger partial charge in [-0.1, -0.05) is 0 Å². The van der Waals surface area contributed by atoms with Crippen LogP contribution < -0.4 is 0 Å². The van der Waals surface area contributed by atoms with Gasteiger partial charge < -0.3 is 0 Å². The summed E-state index contributed by atoms with van der Waals surface area (Å²) < 4.78 is 89.1. The van der Waals surface area contributed by atoms with Gasteiger partial charge in [0.05, 0.1) is 31.1 Å². The molecule has 4 saturated carbocycles. The van der Waals surface area contributed by atoms with E-state index in [1.165, 1.54) is 0 Å². The molecule has 0 spiro atoms. The normalized spacial score (nSPS) is 45.0. The minimum atomic E-state index is -4.06. The van der Waals surface area contributed by atoms with Crippen molar-refractivity contribution in [3.05, 3.63) is 0 Å². The van der Waals surface area contributed by atoms with Gasteiger partial charge in [-0.3, -0.25) is 8.37 Å². The molecule has 4 bridgehead atoms. The second kappa shape index (κ2) is 5.16. The standard InChI is InChI=1S/C14H24O6S2/c1-21(15,16)19-9-13-4-11-3-12(5-13)7-14(6-11,8-13)10-20-22(2,17)18/h11-12H,3-10H2,1-2H3/i9D2,10D2. The molecule has 0 aromatic rings. The zero-order chi connectivity index (χ0) is 19.8. The van der Waals surface area contributed by atoms with Crippen molar-refractivity contribution in [2.24, 2.45) is 22.7 Å². The number of rotatable bonds is 6. The fourth-order valence-electron chi connectivity index (χ4n) is 4.83. The molecule has 4 aliphatic rings. The Bertz CT molecular complexity index is 729. The number of hydrogen-bond donors (Lipinski definition) is 0. The highest BCUT2D eigenvalue weighted by atomic mass is 32.2. The Morgan fingerprint density at radius 1 is 0.909 bits per heavy atom. The van der Waals surface area contributed by atoms with Crippen LogP contribution in [0.5, 0.6) is 0 Å². The van der Waals surface area contributed by atoms with Gasteiger partial charge >= 0.3 is 0 Å². The highest BCUT2D eigenvalue weighted by Gasteiger charge is 2.58. The van der Waals surface area contributed by atoms with E-state index in [1.54, 1.807) is 0 Å². The number of hydrogen-bond acceptors (Lipinski definition) is 6. The highest BCUT2D eigenvalue weighted by molar-refractivity contribution is 7.86. The van der Waals surface area contributed by atoms with Crippen molar-refractivity contribution in [1.29, 1.82) is 0 Å². The summed E-state index contributed by atoms with van der Waals surface area (Å²) in [4.78, 5) is 0. The van der Waals surface area contributed by atoms with Gasteiger partial charge in [0.15, 0.2) is 0 Å². The van der Waals surface area contributed by atoms with Gasteiger partial charge in [0.2, 0.25) is 0 Å². The van der Waals surface area contributed by atoms with Crippen molar-refractivity contribution in [3.63, 3.8) is 0 Å². The first kappa shape index (κ1) is 12.2. The lowest BCUT2D eigenvalue weighted by atomic mass is 9.44. The van der Waals surface area contributed by atoms with Gasteiger partial charge in [-0.15, -0.1) is 0 Å². The molecule has 0 unspecified atom stereocenters. The third kappa shape index (κ3) is 3.66. The Morgan fingerprint density at radius 2 is 1.27 bits per heavy atom. The summed E-state index contributed by atoms with van der Waals surface area (Å²) in [6.07, 6.45) is 3.92. The molecule has 0 heterocycles. The Hall–Kier alpha value is -0.180. The fraction of sp³-hybridized carbons (Fsp3) is 1.00. The van der Waals surface area contributed by atoms with Gasteiger partial charge in [0.1, 0.15) is 0 Å². The third-order valence-electron chi connectivity index (χ3n) is 4.88.